The average Bonchev–Trinajstić information content (AvgIpc) is 2.97. The summed E-state index contributed by atoms with van der Waals surface area (Å²) in [6.45, 7) is 6.98. The number of hydrogen-bond acceptors (Lipinski definition) is 3. The number of rotatable bonds is 5. The lowest BCUT2D eigenvalue weighted by Gasteiger charge is -2.31. The molecule has 0 saturated carbocycles. The zero-order chi connectivity index (χ0) is 16.0. The first-order valence-electron chi connectivity index (χ1n) is 8.06. The minimum absolute atomic E-state index is 0.0391. The molecule has 3 unspecified atom stereocenters. The Morgan fingerprint density at radius 3 is 2.77 bits per heavy atom. The Morgan fingerprint density at radius 1 is 1.41 bits per heavy atom. The van der Waals surface area contributed by atoms with Crippen LogP contribution < -0.4 is 5.73 Å². The number of ether oxygens (including phenoxy) is 2. The Hall–Kier alpha value is -1.39. The summed E-state index contributed by atoms with van der Waals surface area (Å²) in [5.41, 5.74) is 6.57. The first-order chi connectivity index (χ1) is 10.4. The van der Waals surface area contributed by atoms with Crippen LogP contribution in [0.1, 0.15) is 56.0 Å². The van der Waals surface area contributed by atoms with Crippen LogP contribution in [0, 0.1) is 5.92 Å². The van der Waals surface area contributed by atoms with E-state index in [1.807, 2.05) is 18.2 Å². The average molecular weight is 303 g/mol. The van der Waals surface area contributed by atoms with Crippen LogP contribution in [0.2, 0.25) is 0 Å². The van der Waals surface area contributed by atoms with Crippen molar-refractivity contribution in [2.45, 2.75) is 63.9 Å². The van der Waals surface area contributed by atoms with Gasteiger partial charge in [0.1, 0.15) is 0 Å². The fourth-order valence-corrected chi connectivity index (χ4v) is 3.88. The second kappa shape index (κ2) is 5.36. The SMILES string of the molecule is CC(C)C12CCC(C)(O1)C(OCc1ccccc1C(N)=O)C2. The van der Waals surface area contributed by atoms with Gasteiger partial charge in [-0.15, -0.1) is 0 Å². The van der Waals surface area contributed by atoms with Gasteiger partial charge in [-0.2, -0.15) is 0 Å². The Morgan fingerprint density at radius 2 is 2.14 bits per heavy atom. The van der Waals surface area contributed by atoms with Crippen molar-refractivity contribution >= 4 is 5.91 Å². The molecule has 2 heterocycles. The number of primary amides is 1. The van der Waals surface area contributed by atoms with E-state index < -0.39 is 5.91 Å². The van der Waals surface area contributed by atoms with Crippen LogP contribution in [0.5, 0.6) is 0 Å². The molecule has 0 aliphatic carbocycles. The van der Waals surface area contributed by atoms with E-state index in [9.17, 15) is 4.79 Å². The van der Waals surface area contributed by atoms with Gasteiger partial charge in [-0.1, -0.05) is 32.0 Å². The second-order valence-corrected chi connectivity index (χ2v) is 7.16. The molecule has 2 saturated heterocycles. The van der Waals surface area contributed by atoms with E-state index in [4.69, 9.17) is 15.2 Å². The molecule has 22 heavy (non-hydrogen) atoms. The van der Waals surface area contributed by atoms with Crippen LogP contribution in [-0.2, 0) is 16.1 Å². The Balaban J connectivity index is 1.72. The Kier molecular flexibility index (Phi) is 3.77. The first-order valence-corrected chi connectivity index (χ1v) is 8.06. The molecule has 1 amide bonds. The van der Waals surface area contributed by atoms with Crippen molar-refractivity contribution < 1.29 is 14.3 Å². The number of carbonyl (C=O) groups is 1. The lowest BCUT2D eigenvalue weighted by atomic mass is 9.75. The first kappa shape index (κ1) is 15.5. The molecule has 2 fully saturated rings. The lowest BCUT2D eigenvalue weighted by Crippen LogP contribution is -2.38. The molecule has 120 valence electrons. The number of amides is 1. The summed E-state index contributed by atoms with van der Waals surface area (Å²) < 4.78 is 12.5. The number of benzene rings is 1. The van der Waals surface area contributed by atoms with E-state index >= 15 is 0 Å². The number of fused-ring (bicyclic) bond motifs is 2. The summed E-state index contributed by atoms with van der Waals surface area (Å²) in [5.74, 6) is 0.0779. The van der Waals surface area contributed by atoms with Crippen molar-refractivity contribution in [2.75, 3.05) is 0 Å². The van der Waals surface area contributed by atoms with Gasteiger partial charge in [0, 0.05) is 12.0 Å². The third-order valence-corrected chi connectivity index (χ3v) is 5.47. The van der Waals surface area contributed by atoms with E-state index in [0.717, 1.165) is 24.8 Å². The molecule has 2 N–H and O–H groups in total. The molecule has 0 aromatic heterocycles. The highest BCUT2D eigenvalue weighted by molar-refractivity contribution is 5.94. The number of nitrogens with two attached hydrogens (primary N) is 1. The smallest absolute Gasteiger partial charge is 0.249 e. The van der Waals surface area contributed by atoms with Gasteiger partial charge in [-0.3, -0.25) is 4.79 Å². The van der Waals surface area contributed by atoms with E-state index in [1.54, 1.807) is 6.07 Å². The van der Waals surface area contributed by atoms with Crippen LogP contribution in [0.3, 0.4) is 0 Å². The summed E-state index contributed by atoms with van der Waals surface area (Å²) in [4.78, 5) is 11.5. The van der Waals surface area contributed by atoms with Gasteiger partial charge in [0.15, 0.2) is 0 Å². The molecule has 4 heteroatoms. The van der Waals surface area contributed by atoms with Gasteiger partial charge >= 0.3 is 0 Å². The quantitative estimate of drug-likeness (QED) is 0.909. The van der Waals surface area contributed by atoms with Crippen LogP contribution >= 0.6 is 0 Å². The van der Waals surface area contributed by atoms with Crippen molar-refractivity contribution in [1.29, 1.82) is 0 Å². The molecule has 3 atom stereocenters. The third kappa shape index (κ3) is 2.44. The molecule has 2 bridgehead atoms. The number of carbonyl (C=O) groups excluding carboxylic acids is 1. The summed E-state index contributed by atoms with van der Waals surface area (Å²) in [6, 6.07) is 7.36. The van der Waals surface area contributed by atoms with Gasteiger partial charge in [0.05, 0.1) is 23.9 Å². The Bertz CT molecular complexity index is 585. The standard InChI is InChI=1S/C18H25NO3/c1-12(2)18-9-8-17(3,22-18)15(10-18)21-11-13-6-4-5-7-14(13)16(19)20/h4-7,12,15H,8-11H2,1-3H3,(H2,19,20). The zero-order valence-corrected chi connectivity index (χ0v) is 13.6. The number of hydrogen-bond donors (Lipinski definition) is 1. The predicted molar refractivity (Wildman–Crippen MR) is 84.4 cm³/mol. The Labute approximate surface area is 132 Å². The highest BCUT2D eigenvalue weighted by atomic mass is 16.6. The molecule has 4 nitrogen and oxygen atoms in total. The van der Waals surface area contributed by atoms with Gasteiger partial charge in [-0.05, 0) is 37.3 Å². The van der Waals surface area contributed by atoms with Crippen LogP contribution in [0.15, 0.2) is 24.3 Å². The maximum Gasteiger partial charge on any atom is 0.249 e. The van der Waals surface area contributed by atoms with Gasteiger partial charge in [-0.25, -0.2) is 0 Å². The third-order valence-electron chi connectivity index (χ3n) is 5.47. The molecule has 1 aromatic carbocycles. The second-order valence-electron chi connectivity index (χ2n) is 7.16. The van der Waals surface area contributed by atoms with Crippen molar-refractivity contribution in [1.82, 2.24) is 0 Å². The highest BCUT2D eigenvalue weighted by Crippen LogP contribution is 2.55. The van der Waals surface area contributed by atoms with Gasteiger partial charge in [0.25, 0.3) is 0 Å². The minimum Gasteiger partial charge on any atom is -0.370 e. The van der Waals surface area contributed by atoms with Crippen molar-refractivity contribution in [3.63, 3.8) is 0 Å². The normalized spacial score (nSPS) is 33.5. The predicted octanol–water partition coefficient (Wildman–Crippen LogP) is 3.04. The molecular formula is C18H25NO3. The fraction of sp³-hybridized carbons (Fsp3) is 0.611. The van der Waals surface area contributed by atoms with Crippen LogP contribution in [-0.4, -0.2) is 23.2 Å². The summed E-state index contributed by atoms with van der Waals surface area (Å²) >= 11 is 0. The van der Waals surface area contributed by atoms with E-state index in [1.165, 1.54) is 0 Å². The fourth-order valence-electron chi connectivity index (χ4n) is 3.88. The maximum atomic E-state index is 11.5. The zero-order valence-electron chi connectivity index (χ0n) is 13.6. The van der Waals surface area contributed by atoms with Crippen molar-refractivity contribution in [2.24, 2.45) is 11.7 Å². The minimum atomic E-state index is -0.409. The molecule has 3 rings (SSSR count). The summed E-state index contributed by atoms with van der Waals surface area (Å²) in [6.07, 6.45) is 3.15. The van der Waals surface area contributed by atoms with E-state index in [0.29, 0.717) is 18.1 Å². The van der Waals surface area contributed by atoms with Crippen molar-refractivity contribution in [3.8, 4) is 0 Å². The molecule has 0 spiro atoms. The molecular weight excluding hydrogens is 278 g/mol. The largest absolute Gasteiger partial charge is 0.370 e. The molecule has 0 radical (unpaired) electrons. The topological polar surface area (TPSA) is 61.6 Å². The maximum absolute atomic E-state index is 11.5. The summed E-state index contributed by atoms with van der Waals surface area (Å²) in [5, 5.41) is 0. The molecule has 2 aliphatic heterocycles. The van der Waals surface area contributed by atoms with Gasteiger partial charge in [0.2, 0.25) is 5.91 Å². The van der Waals surface area contributed by atoms with Crippen molar-refractivity contribution in [3.05, 3.63) is 35.4 Å². The van der Waals surface area contributed by atoms with Crippen LogP contribution in [0.4, 0.5) is 0 Å². The summed E-state index contributed by atoms with van der Waals surface area (Å²) in [7, 11) is 0. The van der Waals surface area contributed by atoms with E-state index in [2.05, 4.69) is 20.8 Å². The molecule has 2 aliphatic rings. The lowest BCUT2D eigenvalue weighted by molar-refractivity contribution is -0.0960. The van der Waals surface area contributed by atoms with E-state index in [-0.39, 0.29) is 17.3 Å². The highest BCUT2D eigenvalue weighted by Gasteiger charge is 2.60. The molecule has 1 aromatic rings. The van der Waals surface area contributed by atoms with Gasteiger partial charge < -0.3 is 15.2 Å². The monoisotopic (exact) mass is 303 g/mol. The van der Waals surface area contributed by atoms with Crippen LogP contribution in [0.25, 0.3) is 0 Å².